The van der Waals surface area contributed by atoms with Crippen molar-refractivity contribution in [3.63, 3.8) is 0 Å². The molecule has 0 saturated heterocycles. The molecule has 2 aliphatic rings. The second-order valence-electron chi connectivity index (χ2n) is 11.4. The lowest BCUT2D eigenvalue weighted by Crippen LogP contribution is -2.37. The predicted octanol–water partition coefficient (Wildman–Crippen LogP) is 7.37. The minimum absolute atomic E-state index is 0.108. The molecule has 0 bridgehead atoms. The first-order valence-electron chi connectivity index (χ1n) is 14.9. The van der Waals surface area contributed by atoms with Gasteiger partial charge < -0.3 is 20.1 Å². The molecule has 6 rings (SSSR count). The quantitative estimate of drug-likeness (QED) is 0.117. The van der Waals surface area contributed by atoms with Gasteiger partial charge in [0.05, 0.1) is 7.11 Å². The highest BCUT2D eigenvalue weighted by Crippen LogP contribution is 2.46. The molecule has 2 atom stereocenters. The lowest BCUT2D eigenvalue weighted by atomic mass is 9.71. The number of pyridine rings is 1. The van der Waals surface area contributed by atoms with Gasteiger partial charge in [-0.05, 0) is 54.7 Å². The lowest BCUT2D eigenvalue weighted by Gasteiger charge is -2.37. The van der Waals surface area contributed by atoms with Crippen LogP contribution in [0.25, 0.3) is 0 Å². The van der Waals surface area contributed by atoms with Crippen LogP contribution in [-0.2, 0) is 16.2 Å². The summed E-state index contributed by atoms with van der Waals surface area (Å²) in [7, 11) is 1.33. The zero-order valence-corrected chi connectivity index (χ0v) is 25.7. The molecule has 1 aromatic heterocycles. The van der Waals surface area contributed by atoms with Crippen LogP contribution in [-0.4, -0.2) is 23.8 Å². The summed E-state index contributed by atoms with van der Waals surface area (Å²) in [6.07, 6.45) is 2.19. The maximum absolute atomic E-state index is 14.4. The molecule has 12 heteroatoms. The molecule has 0 unspecified atom stereocenters. The maximum Gasteiger partial charge on any atom is 0.255 e. The van der Waals surface area contributed by atoms with Crippen molar-refractivity contribution < 1.29 is 41.0 Å². The molecule has 1 aliphatic carbocycles. The molecule has 1 amide bonds. The van der Waals surface area contributed by atoms with E-state index >= 15 is 0 Å². The number of hydrogen-bond acceptors (Lipinski definition) is 6. The van der Waals surface area contributed by atoms with Crippen LogP contribution in [0.2, 0.25) is 0 Å². The topological polar surface area (TPSA) is 89.5 Å². The van der Waals surface area contributed by atoms with Crippen molar-refractivity contribution in [3.05, 3.63) is 141 Å². The van der Waals surface area contributed by atoms with Gasteiger partial charge in [0.2, 0.25) is 29.1 Å². The Labute approximate surface area is 272 Å². The van der Waals surface area contributed by atoms with Crippen molar-refractivity contribution in [2.24, 2.45) is 0 Å². The number of Topliss-reactive ketones (excluding diaryl/α,β-unsaturated/α-hetero) is 1. The number of nitrogens with one attached hydrogen (secondary N) is 2. The minimum Gasteiger partial charge on any atom is -0.496 e. The van der Waals surface area contributed by atoms with E-state index in [1.54, 1.807) is 31.2 Å². The molecule has 0 radical (unpaired) electrons. The molecule has 1 aliphatic heterocycles. The van der Waals surface area contributed by atoms with Crippen LogP contribution in [0.4, 0.5) is 27.8 Å². The summed E-state index contributed by atoms with van der Waals surface area (Å²) in [5, 5.41) is 6.08. The summed E-state index contributed by atoms with van der Waals surface area (Å²) in [5.41, 5.74) is 3.31. The molecular weight excluding hydrogens is 633 g/mol. The van der Waals surface area contributed by atoms with E-state index in [0.29, 0.717) is 29.0 Å². The molecule has 246 valence electrons. The fourth-order valence-electron chi connectivity index (χ4n) is 6.21. The molecule has 0 spiro atoms. The van der Waals surface area contributed by atoms with Gasteiger partial charge in [0, 0.05) is 46.6 Å². The SMILES string of the molecule is COc1ccc([C@@H]2C(C(=O)Nc3ccccn3)=C(C)NC3=C2C(=O)C[C@@H](c2ccccc2)C3)cc1COc1c(F)c(F)c(F)c(F)c1F. The molecule has 0 saturated carbocycles. The van der Waals surface area contributed by atoms with Crippen LogP contribution in [0.3, 0.4) is 0 Å². The van der Waals surface area contributed by atoms with Gasteiger partial charge in [0.1, 0.15) is 18.2 Å². The molecule has 48 heavy (non-hydrogen) atoms. The summed E-state index contributed by atoms with van der Waals surface area (Å²) in [5.74, 6) is -13.6. The number of benzene rings is 3. The number of amides is 1. The Kier molecular flexibility index (Phi) is 8.99. The van der Waals surface area contributed by atoms with Crippen LogP contribution in [0, 0.1) is 29.1 Å². The third-order valence-corrected chi connectivity index (χ3v) is 8.43. The zero-order chi connectivity index (χ0) is 34.1. The Morgan fingerprint density at radius 1 is 0.896 bits per heavy atom. The third-order valence-electron chi connectivity index (χ3n) is 8.43. The molecular formula is C36H28F5N3O4. The van der Waals surface area contributed by atoms with Crippen LogP contribution >= 0.6 is 0 Å². The van der Waals surface area contributed by atoms with Crippen molar-refractivity contribution in [2.75, 3.05) is 12.4 Å². The average Bonchev–Trinajstić information content (AvgIpc) is 3.09. The van der Waals surface area contributed by atoms with E-state index in [1.807, 2.05) is 30.3 Å². The fraction of sp³-hybridized carbons (Fsp3) is 0.194. The number of aromatic nitrogens is 1. The Morgan fingerprint density at radius 2 is 1.58 bits per heavy atom. The number of nitrogens with zero attached hydrogens (tertiary/aromatic N) is 1. The normalized spacial score (nSPS) is 17.5. The predicted molar refractivity (Wildman–Crippen MR) is 165 cm³/mol. The molecule has 4 aromatic rings. The van der Waals surface area contributed by atoms with Crippen molar-refractivity contribution in [2.45, 2.75) is 38.2 Å². The first-order chi connectivity index (χ1) is 23.1. The number of methoxy groups -OCH3 is 1. The molecule has 7 nitrogen and oxygen atoms in total. The summed E-state index contributed by atoms with van der Waals surface area (Å²) >= 11 is 0. The van der Waals surface area contributed by atoms with Gasteiger partial charge in [-0.2, -0.15) is 8.78 Å². The molecule has 3 aromatic carbocycles. The molecule has 2 heterocycles. The van der Waals surface area contributed by atoms with Crippen molar-refractivity contribution in [1.29, 1.82) is 0 Å². The van der Waals surface area contributed by atoms with Gasteiger partial charge in [0.15, 0.2) is 11.5 Å². The highest BCUT2D eigenvalue weighted by molar-refractivity contribution is 6.09. The summed E-state index contributed by atoms with van der Waals surface area (Å²) < 4.78 is 80.7. The van der Waals surface area contributed by atoms with Gasteiger partial charge >= 0.3 is 0 Å². The van der Waals surface area contributed by atoms with Gasteiger partial charge in [-0.15, -0.1) is 0 Å². The van der Waals surface area contributed by atoms with E-state index < -0.39 is 53.3 Å². The lowest BCUT2D eigenvalue weighted by molar-refractivity contribution is -0.116. The number of allylic oxidation sites excluding steroid dienone is 3. The second kappa shape index (κ2) is 13.3. The van der Waals surface area contributed by atoms with Crippen LogP contribution in [0.1, 0.15) is 48.3 Å². The van der Waals surface area contributed by atoms with Gasteiger partial charge in [0.25, 0.3) is 5.91 Å². The number of carbonyl (C=O) groups is 2. The van der Waals surface area contributed by atoms with Crippen molar-refractivity contribution >= 4 is 17.5 Å². The van der Waals surface area contributed by atoms with Gasteiger partial charge in [-0.25, -0.2) is 18.2 Å². The standard InChI is InChI=1S/C36H28F5N3O4/c1-18-27(36(46)44-26-10-6-7-13-42-26)28(29-23(43-18)15-21(16-24(29)45)19-8-4-3-5-9-19)20-11-12-25(47-2)22(14-20)17-48-35-33(40)31(38)30(37)32(39)34(35)41/h3-14,21,28,43H,15-17H2,1-2H3,(H,42,44,46)/t21-,28+/m0/s1. The largest absolute Gasteiger partial charge is 0.496 e. The first-order valence-corrected chi connectivity index (χ1v) is 14.9. The highest BCUT2D eigenvalue weighted by atomic mass is 19.2. The Balaban J connectivity index is 1.42. The van der Waals surface area contributed by atoms with Gasteiger partial charge in [-0.1, -0.05) is 42.5 Å². The summed E-state index contributed by atoms with van der Waals surface area (Å²) in [6.45, 7) is 1.05. The van der Waals surface area contributed by atoms with E-state index in [9.17, 15) is 31.5 Å². The highest BCUT2D eigenvalue weighted by Gasteiger charge is 2.41. The summed E-state index contributed by atoms with van der Waals surface area (Å²) in [4.78, 5) is 32.1. The monoisotopic (exact) mass is 661 g/mol. The number of halogens is 5. The number of carbonyl (C=O) groups excluding carboxylic acids is 2. The average molecular weight is 662 g/mol. The number of ketones is 1. The number of rotatable bonds is 8. The third kappa shape index (κ3) is 6.01. The molecule has 0 fully saturated rings. The Hall–Kier alpha value is -5.52. The smallest absolute Gasteiger partial charge is 0.255 e. The Bertz CT molecular complexity index is 1950. The van der Waals surface area contributed by atoms with E-state index in [1.165, 1.54) is 25.4 Å². The number of hydrogen-bond donors (Lipinski definition) is 2. The van der Waals surface area contributed by atoms with Crippen LogP contribution < -0.4 is 20.1 Å². The zero-order valence-electron chi connectivity index (χ0n) is 25.7. The first kappa shape index (κ1) is 32.4. The van der Waals surface area contributed by atoms with E-state index in [-0.39, 0.29) is 40.8 Å². The van der Waals surface area contributed by atoms with E-state index in [4.69, 9.17) is 9.47 Å². The van der Waals surface area contributed by atoms with Gasteiger partial charge in [-0.3, -0.25) is 9.59 Å². The number of dihydropyridines is 1. The van der Waals surface area contributed by atoms with Crippen molar-refractivity contribution in [1.82, 2.24) is 10.3 Å². The number of anilines is 1. The van der Waals surface area contributed by atoms with Crippen LogP contribution in [0.15, 0.2) is 95.5 Å². The van der Waals surface area contributed by atoms with E-state index in [0.717, 1.165) is 5.56 Å². The van der Waals surface area contributed by atoms with E-state index in [2.05, 4.69) is 15.6 Å². The minimum atomic E-state index is -2.31. The van der Waals surface area contributed by atoms with Crippen LogP contribution in [0.5, 0.6) is 11.5 Å². The molecule has 2 N–H and O–H groups in total. The Morgan fingerprint density at radius 3 is 2.25 bits per heavy atom. The summed E-state index contributed by atoms with van der Waals surface area (Å²) in [6, 6.07) is 19.3. The maximum atomic E-state index is 14.4. The fourth-order valence-corrected chi connectivity index (χ4v) is 6.21. The second-order valence-corrected chi connectivity index (χ2v) is 11.4. The van der Waals surface area contributed by atoms with Crippen molar-refractivity contribution in [3.8, 4) is 11.5 Å². The number of ether oxygens (including phenoxy) is 2.